The zero-order chi connectivity index (χ0) is 13.8. The van der Waals surface area contributed by atoms with Crippen molar-refractivity contribution >= 4 is 11.6 Å². The lowest BCUT2D eigenvalue weighted by molar-refractivity contribution is 0.569. The van der Waals surface area contributed by atoms with E-state index in [1.165, 1.54) is 10.7 Å². The number of aromatic nitrogens is 2. The zero-order valence-corrected chi connectivity index (χ0v) is 11.2. The van der Waals surface area contributed by atoms with E-state index in [0.717, 1.165) is 12.0 Å². The third-order valence-corrected chi connectivity index (χ3v) is 2.92. The number of hydrogen-bond donors (Lipinski definition) is 0. The molecule has 0 saturated carbocycles. The maximum absolute atomic E-state index is 11.9. The molecule has 2 rings (SSSR count). The van der Waals surface area contributed by atoms with Crippen LogP contribution in [0, 0.1) is 11.3 Å². The van der Waals surface area contributed by atoms with Crippen molar-refractivity contribution in [3.8, 4) is 17.3 Å². The molecule has 0 aliphatic heterocycles. The molecule has 0 unspecified atom stereocenters. The Bertz CT molecular complexity index is 683. The average molecular weight is 274 g/mol. The third kappa shape index (κ3) is 2.83. The Morgan fingerprint density at radius 3 is 2.63 bits per heavy atom. The van der Waals surface area contributed by atoms with Gasteiger partial charge in [0.25, 0.3) is 5.56 Å². The molecule has 0 atom stereocenters. The van der Waals surface area contributed by atoms with Gasteiger partial charge in [0.2, 0.25) is 0 Å². The molecule has 1 aromatic heterocycles. The molecule has 19 heavy (non-hydrogen) atoms. The first-order chi connectivity index (χ1) is 9.15. The second-order valence-electron chi connectivity index (χ2n) is 4.09. The highest BCUT2D eigenvalue weighted by atomic mass is 35.5. The molecule has 0 aliphatic carbocycles. The third-order valence-electron chi connectivity index (χ3n) is 2.67. The van der Waals surface area contributed by atoms with Crippen LogP contribution < -0.4 is 5.56 Å². The summed E-state index contributed by atoms with van der Waals surface area (Å²) in [5, 5.41) is 13.9. The SMILES string of the molecule is CCCn1nc(-c2ccc(Cl)cc2)cc(C#N)c1=O. The topological polar surface area (TPSA) is 58.7 Å². The van der Waals surface area contributed by atoms with Crippen LogP contribution in [0.25, 0.3) is 11.3 Å². The summed E-state index contributed by atoms with van der Waals surface area (Å²) in [6, 6.07) is 10.6. The zero-order valence-electron chi connectivity index (χ0n) is 10.4. The molecule has 1 aromatic carbocycles. The number of aryl methyl sites for hydroxylation is 1. The van der Waals surface area contributed by atoms with Crippen LogP contribution in [0.3, 0.4) is 0 Å². The molecule has 5 heteroatoms. The van der Waals surface area contributed by atoms with Crippen LogP contribution >= 0.6 is 11.6 Å². The summed E-state index contributed by atoms with van der Waals surface area (Å²) in [6.07, 6.45) is 0.780. The Morgan fingerprint density at radius 1 is 1.37 bits per heavy atom. The van der Waals surface area contributed by atoms with Crippen LogP contribution in [0.4, 0.5) is 0 Å². The molecular formula is C14H12ClN3O. The van der Waals surface area contributed by atoms with Crippen LogP contribution in [0.1, 0.15) is 18.9 Å². The number of rotatable bonds is 3. The van der Waals surface area contributed by atoms with Crippen molar-refractivity contribution in [2.45, 2.75) is 19.9 Å². The van der Waals surface area contributed by atoms with Gasteiger partial charge in [0.15, 0.2) is 0 Å². The van der Waals surface area contributed by atoms with E-state index >= 15 is 0 Å². The maximum atomic E-state index is 11.9. The van der Waals surface area contributed by atoms with Crippen LogP contribution in [-0.4, -0.2) is 9.78 Å². The van der Waals surface area contributed by atoms with Crippen LogP contribution in [0.5, 0.6) is 0 Å². The number of benzene rings is 1. The van der Waals surface area contributed by atoms with Crippen molar-refractivity contribution in [2.75, 3.05) is 0 Å². The lowest BCUT2D eigenvalue weighted by Crippen LogP contribution is -2.25. The molecule has 0 radical (unpaired) electrons. The summed E-state index contributed by atoms with van der Waals surface area (Å²) in [6.45, 7) is 2.45. The molecule has 4 nitrogen and oxygen atoms in total. The van der Waals surface area contributed by atoms with Gasteiger partial charge in [0.1, 0.15) is 11.6 Å². The molecule has 0 amide bonds. The number of halogens is 1. The van der Waals surface area contributed by atoms with Crippen LogP contribution in [-0.2, 0) is 6.54 Å². The van der Waals surface area contributed by atoms with Gasteiger partial charge >= 0.3 is 0 Å². The first kappa shape index (κ1) is 13.3. The van der Waals surface area contributed by atoms with Crippen molar-refractivity contribution < 1.29 is 0 Å². The van der Waals surface area contributed by atoms with E-state index in [4.69, 9.17) is 16.9 Å². The highest BCUT2D eigenvalue weighted by Crippen LogP contribution is 2.19. The summed E-state index contributed by atoms with van der Waals surface area (Å²) < 4.78 is 1.34. The molecule has 0 aliphatic rings. The largest absolute Gasteiger partial charge is 0.284 e. The van der Waals surface area contributed by atoms with Gasteiger partial charge in [-0.05, 0) is 24.6 Å². The minimum Gasteiger partial charge on any atom is -0.266 e. The molecule has 96 valence electrons. The predicted molar refractivity (Wildman–Crippen MR) is 73.9 cm³/mol. The molecular weight excluding hydrogens is 262 g/mol. The highest BCUT2D eigenvalue weighted by molar-refractivity contribution is 6.30. The second-order valence-corrected chi connectivity index (χ2v) is 4.53. The van der Waals surface area contributed by atoms with Crippen molar-refractivity contribution in [1.29, 1.82) is 5.26 Å². The van der Waals surface area contributed by atoms with Crippen LogP contribution in [0.2, 0.25) is 5.02 Å². The second kappa shape index (κ2) is 5.68. The van der Waals surface area contributed by atoms with Gasteiger partial charge in [-0.3, -0.25) is 4.79 Å². The Balaban J connectivity index is 2.58. The molecule has 2 aromatic rings. The van der Waals surface area contributed by atoms with Gasteiger partial charge in [-0.25, -0.2) is 4.68 Å². The molecule has 0 N–H and O–H groups in total. The number of nitrogens with zero attached hydrogens (tertiary/aromatic N) is 3. The van der Waals surface area contributed by atoms with Crippen molar-refractivity contribution in [1.82, 2.24) is 9.78 Å². The van der Waals surface area contributed by atoms with E-state index in [0.29, 0.717) is 17.3 Å². The summed E-state index contributed by atoms with van der Waals surface area (Å²) in [7, 11) is 0. The fourth-order valence-corrected chi connectivity index (χ4v) is 1.87. The molecule has 0 fully saturated rings. The monoisotopic (exact) mass is 273 g/mol. The van der Waals surface area contributed by atoms with Gasteiger partial charge in [0, 0.05) is 17.1 Å². The Labute approximate surface area is 115 Å². The fourth-order valence-electron chi connectivity index (χ4n) is 1.75. The first-order valence-corrected chi connectivity index (χ1v) is 6.31. The maximum Gasteiger partial charge on any atom is 0.284 e. The lowest BCUT2D eigenvalue weighted by Gasteiger charge is -2.07. The summed E-state index contributed by atoms with van der Waals surface area (Å²) in [5.74, 6) is 0. The highest BCUT2D eigenvalue weighted by Gasteiger charge is 2.09. The average Bonchev–Trinajstić information content (AvgIpc) is 2.42. The van der Waals surface area contributed by atoms with Gasteiger partial charge < -0.3 is 0 Å². The molecule has 0 bridgehead atoms. The standard InChI is InChI=1S/C14H12ClN3O/c1-2-7-18-14(19)11(9-16)8-13(17-18)10-3-5-12(15)6-4-10/h3-6,8H,2,7H2,1H3. The van der Waals surface area contributed by atoms with E-state index < -0.39 is 0 Å². The van der Waals surface area contributed by atoms with Crippen LogP contribution in [0.15, 0.2) is 35.1 Å². The van der Waals surface area contributed by atoms with Crippen molar-refractivity contribution in [3.63, 3.8) is 0 Å². The van der Waals surface area contributed by atoms with Gasteiger partial charge in [-0.15, -0.1) is 0 Å². The van der Waals surface area contributed by atoms with E-state index in [1.807, 2.05) is 25.1 Å². The lowest BCUT2D eigenvalue weighted by atomic mass is 10.1. The van der Waals surface area contributed by atoms with E-state index in [9.17, 15) is 4.79 Å². The minimum absolute atomic E-state index is 0.105. The van der Waals surface area contributed by atoms with Crippen molar-refractivity contribution in [3.05, 3.63) is 51.3 Å². The Morgan fingerprint density at radius 2 is 2.05 bits per heavy atom. The number of hydrogen-bond acceptors (Lipinski definition) is 3. The smallest absolute Gasteiger partial charge is 0.266 e. The van der Waals surface area contributed by atoms with E-state index in [2.05, 4.69) is 5.10 Å². The Hall–Kier alpha value is -2.12. The fraction of sp³-hybridized carbons (Fsp3) is 0.214. The van der Waals surface area contributed by atoms with Gasteiger partial charge in [0.05, 0.1) is 5.69 Å². The van der Waals surface area contributed by atoms with Crippen molar-refractivity contribution in [2.24, 2.45) is 0 Å². The summed E-state index contributed by atoms with van der Waals surface area (Å²) in [4.78, 5) is 11.9. The number of nitriles is 1. The summed E-state index contributed by atoms with van der Waals surface area (Å²) >= 11 is 5.84. The minimum atomic E-state index is -0.345. The van der Waals surface area contributed by atoms with E-state index in [1.54, 1.807) is 12.1 Å². The molecule has 0 saturated heterocycles. The molecule has 1 heterocycles. The summed E-state index contributed by atoms with van der Waals surface area (Å²) in [5.41, 5.74) is 1.18. The van der Waals surface area contributed by atoms with Gasteiger partial charge in [-0.1, -0.05) is 30.7 Å². The predicted octanol–water partition coefficient (Wildman–Crippen LogP) is 2.85. The first-order valence-electron chi connectivity index (χ1n) is 5.94. The normalized spacial score (nSPS) is 10.2. The van der Waals surface area contributed by atoms with Gasteiger partial charge in [-0.2, -0.15) is 10.4 Å². The Kier molecular flexibility index (Phi) is 3.98. The van der Waals surface area contributed by atoms with E-state index in [-0.39, 0.29) is 11.1 Å². The molecule has 0 spiro atoms. The quantitative estimate of drug-likeness (QED) is 0.864.